The fourth-order valence-corrected chi connectivity index (χ4v) is 9.47. The van der Waals surface area contributed by atoms with Crippen molar-refractivity contribution < 1.29 is 17.9 Å². The van der Waals surface area contributed by atoms with E-state index in [-0.39, 0.29) is 23.5 Å². The molecule has 0 radical (unpaired) electrons. The van der Waals surface area contributed by atoms with E-state index < -0.39 is 15.4 Å². The van der Waals surface area contributed by atoms with Gasteiger partial charge in [-0.3, -0.25) is 4.79 Å². The Kier molecular flexibility index (Phi) is 6.39. The van der Waals surface area contributed by atoms with Gasteiger partial charge in [0.25, 0.3) is 0 Å². The number of hydrogen-bond donors (Lipinski definition) is 0. The Morgan fingerprint density at radius 1 is 1.13 bits per heavy atom. The lowest BCUT2D eigenvalue weighted by atomic mass is 9.70. The highest BCUT2D eigenvalue weighted by Gasteiger charge is 2.65. The van der Waals surface area contributed by atoms with Crippen molar-refractivity contribution in [2.45, 2.75) is 59.4 Å². The molecule has 0 amide bonds. The molecule has 6 rings (SSSR count). The standard InChI is InChI=1S/C29H38N4O4S/c1-20-5-4-6-21(15-20)16-26-30-24-8-10-33(18-23(24)27(31-26)32-11-13-37-14-12-32)38(35,36)19-29-9-7-22(17-25(29)34)28(29,2)3/h4-6,15,22H,7-14,16-19H2,1-3H3. The molecule has 2 aliphatic carbocycles. The van der Waals surface area contributed by atoms with Crippen LogP contribution in [0.25, 0.3) is 0 Å². The molecule has 2 atom stereocenters. The number of benzene rings is 1. The van der Waals surface area contributed by atoms with Gasteiger partial charge in [-0.15, -0.1) is 0 Å². The molecule has 9 heteroatoms. The number of ketones is 1. The second-order valence-electron chi connectivity index (χ2n) is 12.2. The molecule has 0 N–H and O–H groups in total. The molecule has 204 valence electrons. The topological polar surface area (TPSA) is 92.7 Å². The van der Waals surface area contributed by atoms with Crippen LogP contribution in [0.1, 0.15) is 61.3 Å². The predicted molar refractivity (Wildman–Crippen MR) is 146 cm³/mol. The minimum Gasteiger partial charge on any atom is -0.378 e. The summed E-state index contributed by atoms with van der Waals surface area (Å²) in [4.78, 5) is 25.2. The zero-order valence-corrected chi connectivity index (χ0v) is 23.5. The summed E-state index contributed by atoms with van der Waals surface area (Å²) >= 11 is 0. The van der Waals surface area contributed by atoms with Crippen LogP contribution >= 0.6 is 0 Å². The van der Waals surface area contributed by atoms with E-state index in [1.165, 1.54) is 5.56 Å². The Morgan fingerprint density at radius 3 is 2.61 bits per heavy atom. The van der Waals surface area contributed by atoms with Gasteiger partial charge in [0.1, 0.15) is 17.4 Å². The summed E-state index contributed by atoms with van der Waals surface area (Å²) in [6.45, 7) is 9.57. The Bertz CT molecular complexity index is 1370. The first-order valence-electron chi connectivity index (χ1n) is 13.9. The van der Waals surface area contributed by atoms with Crippen LogP contribution in [0.5, 0.6) is 0 Å². The lowest BCUT2D eigenvalue weighted by molar-refractivity contribution is -0.128. The third-order valence-corrected chi connectivity index (χ3v) is 11.7. The van der Waals surface area contributed by atoms with E-state index in [4.69, 9.17) is 14.7 Å². The summed E-state index contributed by atoms with van der Waals surface area (Å²) in [6, 6.07) is 8.38. The molecule has 0 spiro atoms. The fraction of sp³-hybridized carbons (Fsp3) is 0.621. The number of morpholine rings is 1. The number of hydrogen-bond acceptors (Lipinski definition) is 7. The summed E-state index contributed by atoms with van der Waals surface area (Å²) in [5, 5.41) is 0. The van der Waals surface area contributed by atoms with E-state index in [0.717, 1.165) is 34.9 Å². The quantitative estimate of drug-likeness (QED) is 0.557. The van der Waals surface area contributed by atoms with Gasteiger partial charge in [0.05, 0.1) is 24.7 Å². The number of sulfonamides is 1. The second kappa shape index (κ2) is 9.38. The summed E-state index contributed by atoms with van der Waals surface area (Å²) in [6.07, 6.45) is 3.31. The zero-order valence-electron chi connectivity index (χ0n) is 22.7. The van der Waals surface area contributed by atoms with Crippen molar-refractivity contribution in [1.82, 2.24) is 14.3 Å². The van der Waals surface area contributed by atoms with Crippen LogP contribution in [0.4, 0.5) is 5.82 Å². The maximum Gasteiger partial charge on any atom is 0.215 e. The Hall–Kier alpha value is -2.36. The van der Waals surface area contributed by atoms with Crippen LogP contribution in [-0.2, 0) is 38.9 Å². The van der Waals surface area contributed by atoms with Gasteiger partial charge in [0.15, 0.2) is 0 Å². The molecule has 2 unspecified atom stereocenters. The van der Waals surface area contributed by atoms with Gasteiger partial charge in [-0.25, -0.2) is 18.4 Å². The summed E-state index contributed by atoms with van der Waals surface area (Å²) in [5.41, 5.74) is 3.15. The summed E-state index contributed by atoms with van der Waals surface area (Å²) in [7, 11) is -3.65. The number of rotatable bonds is 6. The normalized spacial score (nSPS) is 27.1. The average Bonchev–Trinajstić information content (AvgIpc) is 3.23. The highest BCUT2D eigenvalue weighted by atomic mass is 32.2. The molecule has 4 aliphatic rings. The number of ether oxygens (including phenoxy) is 1. The predicted octanol–water partition coefficient (Wildman–Crippen LogP) is 3.30. The third kappa shape index (κ3) is 4.27. The number of carbonyl (C=O) groups is 1. The number of Topliss-reactive ketones (excluding diaryl/α,β-unsaturated/α-hetero) is 1. The average molecular weight is 539 g/mol. The number of anilines is 1. The first kappa shape index (κ1) is 25.9. The fourth-order valence-electron chi connectivity index (χ4n) is 7.29. The molecular weight excluding hydrogens is 500 g/mol. The van der Waals surface area contributed by atoms with Crippen LogP contribution in [0.15, 0.2) is 24.3 Å². The summed E-state index contributed by atoms with van der Waals surface area (Å²) in [5.74, 6) is 1.94. The van der Waals surface area contributed by atoms with E-state index in [2.05, 4.69) is 49.9 Å². The van der Waals surface area contributed by atoms with Gasteiger partial charge < -0.3 is 9.64 Å². The Balaban J connectivity index is 1.31. The third-order valence-electron chi connectivity index (χ3n) is 9.77. The highest BCUT2D eigenvalue weighted by molar-refractivity contribution is 7.89. The molecule has 1 aromatic carbocycles. The largest absolute Gasteiger partial charge is 0.378 e. The van der Waals surface area contributed by atoms with Crippen molar-refractivity contribution >= 4 is 21.6 Å². The molecule has 2 aromatic rings. The van der Waals surface area contributed by atoms with Crippen molar-refractivity contribution in [3.05, 3.63) is 52.5 Å². The molecule has 2 saturated carbocycles. The molecule has 2 bridgehead atoms. The molecule has 3 heterocycles. The van der Waals surface area contributed by atoms with E-state index in [0.29, 0.717) is 64.4 Å². The van der Waals surface area contributed by atoms with E-state index in [9.17, 15) is 13.2 Å². The lowest BCUT2D eigenvalue weighted by Crippen LogP contribution is -2.48. The lowest BCUT2D eigenvalue weighted by Gasteiger charge is -2.39. The van der Waals surface area contributed by atoms with Gasteiger partial charge in [0.2, 0.25) is 10.0 Å². The van der Waals surface area contributed by atoms with Gasteiger partial charge in [0, 0.05) is 56.4 Å². The Labute approximate surface area is 225 Å². The van der Waals surface area contributed by atoms with Gasteiger partial charge in [-0.05, 0) is 36.7 Å². The first-order valence-corrected chi connectivity index (χ1v) is 15.5. The number of fused-ring (bicyclic) bond motifs is 3. The monoisotopic (exact) mass is 538 g/mol. The number of carbonyl (C=O) groups excluding carboxylic acids is 1. The van der Waals surface area contributed by atoms with E-state index in [1.807, 2.05) is 0 Å². The SMILES string of the molecule is Cc1cccc(Cc2nc3c(c(N4CCOCC4)n2)CN(S(=O)(=O)CC24CCC(CC2=O)C4(C)C)CC3)c1. The van der Waals surface area contributed by atoms with Crippen molar-refractivity contribution in [1.29, 1.82) is 0 Å². The van der Waals surface area contributed by atoms with Crippen LogP contribution in [0.3, 0.4) is 0 Å². The van der Waals surface area contributed by atoms with Crippen molar-refractivity contribution in [2.75, 3.05) is 43.5 Å². The van der Waals surface area contributed by atoms with Crippen molar-refractivity contribution in [2.24, 2.45) is 16.7 Å². The molecule has 1 aromatic heterocycles. The molecule has 3 fully saturated rings. The van der Waals surface area contributed by atoms with Crippen LogP contribution < -0.4 is 4.90 Å². The zero-order chi connectivity index (χ0) is 26.7. The van der Waals surface area contributed by atoms with Crippen molar-refractivity contribution in [3.8, 4) is 0 Å². The van der Waals surface area contributed by atoms with Crippen LogP contribution in [0, 0.1) is 23.7 Å². The van der Waals surface area contributed by atoms with E-state index >= 15 is 0 Å². The number of aromatic nitrogens is 2. The van der Waals surface area contributed by atoms with Gasteiger partial charge in [-0.2, -0.15) is 4.31 Å². The number of aryl methyl sites for hydroxylation is 1. The maximum absolute atomic E-state index is 13.9. The van der Waals surface area contributed by atoms with Gasteiger partial charge in [-0.1, -0.05) is 43.7 Å². The summed E-state index contributed by atoms with van der Waals surface area (Å²) < 4.78 is 35.0. The molecule has 2 aliphatic heterocycles. The first-order chi connectivity index (χ1) is 18.1. The minimum absolute atomic E-state index is 0.0865. The minimum atomic E-state index is -3.65. The van der Waals surface area contributed by atoms with Gasteiger partial charge >= 0.3 is 0 Å². The van der Waals surface area contributed by atoms with Crippen LogP contribution in [-0.4, -0.2) is 67.1 Å². The second-order valence-corrected chi connectivity index (χ2v) is 14.1. The molecule has 38 heavy (non-hydrogen) atoms. The molecule has 8 nitrogen and oxygen atoms in total. The van der Waals surface area contributed by atoms with Crippen molar-refractivity contribution in [3.63, 3.8) is 0 Å². The van der Waals surface area contributed by atoms with Crippen LogP contribution in [0.2, 0.25) is 0 Å². The van der Waals surface area contributed by atoms with E-state index in [1.54, 1.807) is 4.31 Å². The highest BCUT2D eigenvalue weighted by Crippen LogP contribution is 2.64. The molecular formula is C29H38N4O4S. The number of nitrogens with zero attached hydrogens (tertiary/aromatic N) is 4. The maximum atomic E-state index is 13.9. The molecule has 1 saturated heterocycles. The smallest absolute Gasteiger partial charge is 0.215 e. The Morgan fingerprint density at radius 2 is 1.92 bits per heavy atom.